The maximum atomic E-state index is 11.1. The first-order chi connectivity index (χ1) is 6.10. The highest BCUT2D eigenvalue weighted by Gasteiger charge is 2.12. The number of hydrogen-bond donors (Lipinski definition) is 0. The molecule has 0 amide bonds. The van der Waals surface area contributed by atoms with Crippen LogP contribution in [0, 0.1) is 0 Å². The molecule has 13 heavy (non-hydrogen) atoms. The summed E-state index contributed by atoms with van der Waals surface area (Å²) in [6, 6.07) is 0. The van der Waals surface area contributed by atoms with Crippen molar-refractivity contribution in [2.24, 2.45) is 0 Å². The van der Waals surface area contributed by atoms with Gasteiger partial charge in [-0.2, -0.15) is 0 Å². The lowest BCUT2D eigenvalue weighted by Crippen LogP contribution is -2.20. The zero-order valence-corrected chi connectivity index (χ0v) is 9.00. The van der Waals surface area contributed by atoms with Crippen LogP contribution in [0.5, 0.6) is 0 Å². The van der Waals surface area contributed by atoms with Gasteiger partial charge in [0.1, 0.15) is 12.2 Å². The van der Waals surface area contributed by atoms with E-state index in [-0.39, 0.29) is 12.2 Å². The smallest absolute Gasteiger partial charge is 0.431 e. The molecule has 0 saturated heterocycles. The third-order valence-corrected chi connectivity index (χ3v) is 1.86. The molecule has 0 fully saturated rings. The Labute approximate surface area is 80.4 Å². The third kappa shape index (κ3) is 6.43. The molecule has 0 aliphatic carbocycles. The van der Waals surface area contributed by atoms with Crippen LogP contribution in [0.15, 0.2) is 0 Å². The average molecular weight is 188 g/mol. The molecular formula is C10H20O3. The molecule has 0 saturated carbocycles. The maximum absolute atomic E-state index is 11.1. The lowest BCUT2D eigenvalue weighted by Gasteiger charge is -2.14. The molecule has 78 valence electrons. The van der Waals surface area contributed by atoms with Gasteiger partial charge in [-0.15, -0.1) is 0 Å². The van der Waals surface area contributed by atoms with Crippen molar-refractivity contribution in [3.8, 4) is 0 Å². The Morgan fingerprint density at radius 3 is 2.15 bits per heavy atom. The van der Waals surface area contributed by atoms with Gasteiger partial charge in [-0.05, 0) is 26.7 Å². The van der Waals surface area contributed by atoms with Crippen molar-refractivity contribution in [3.05, 3.63) is 0 Å². The number of hydrogen-bond acceptors (Lipinski definition) is 3. The molecule has 0 aromatic heterocycles. The predicted octanol–water partition coefficient (Wildman–Crippen LogP) is 3.13. The summed E-state index contributed by atoms with van der Waals surface area (Å²) in [6.07, 6.45) is 2.07. The van der Waals surface area contributed by atoms with Crippen LogP contribution in [-0.2, 0) is 9.47 Å². The highest BCUT2D eigenvalue weighted by Crippen LogP contribution is 2.05. The largest absolute Gasteiger partial charge is 0.508 e. The van der Waals surface area contributed by atoms with Crippen LogP contribution in [0.4, 0.5) is 4.79 Å². The standard InChI is InChI=1S/C10H20O3/c1-5-7-9(4)13-10(11)12-8(3)6-2/h8-9H,5-7H2,1-4H3/t8-,9+/m1/s1. The Bertz CT molecular complexity index is 145. The molecule has 2 atom stereocenters. The summed E-state index contributed by atoms with van der Waals surface area (Å²) < 4.78 is 9.96. The van der Waals surface area contributed by atoms with Gasteiger partial charge in [-0.3, -0.25) is 0 Å². The van der Waals surface area contributed by atoms with E-state index in [4.69, 9.17) is 9.47 Å². The SMILES string of the molecule is CCC[C@H](C)OC(=O)O[C@H](C)CC. The average Bonchev–Trinajstić information content (AvgIpc) is 2.04. The van der Waals surface area contributed by atoms with Gasteiger partial charge in [-0.25, -0.2) is 4.79 Å². The third-order valence-electron chi connectivity index (χ3n) is 1.86. The zero-order chi connectivity index (χ0) is 10.3. The van der Waals surface area contributed by atoms with Crippen molar-refractivity contribution in [2.45, 2.75) is 59.2 Å². The molecule has 0 aliphatic heterocycles. The van der Waals surface area contributed by atoms with E-state index in [0.29, 0.717) is 0 Å². The van der Waals surface area contributed by atoms with E-state index in [0.717, 1.165) is 19.3 Å². The second-order valence-electron chi connectivity index (χ2n) is 3.30. The van der Waals surface area contributed by atoms with Crippen molar-refractivity contribution >= 4 is 6.16 Å². The molecular weight excluding hydrogens is 168 g/mol. The number of carbonyl (C=O) groups excluding carboxylic acids is 1. The fourth-order valence-electron chi connectivity index (χ4n) is 0.905. The second-order valence-corrected chi connectivity index (χ2v) is 3.30. The number of carbonyl (C=O) groups is 1. The molecule has 0 aliphatic rings. The highest BCUT2D eigenvalue weighted by molar-refractivity contribution is 5.60. The summed E-state index contributed by atoms with van der Waals surface area (Å²) in [5.41, 5.74) is 0. The van der Waals surface area contributed by atoms with Gasteiger partial charge in [0.05, 0.1) is 0 Å². The normalized spacial score (nSPS) is 14.8. The topological polar surface area (TPSA) is 35.5 Å². The van der Waals surface area contributed by atoms with Crippen molar-refractivity contribution in [3.63, 3.8) is 0 Å². The van der Waals surface area contributed by atoms with Crippen molar-refractivity contribution in [1.82, 2.24) is 0 Å². The fraction of sp³-hybridized carbons (Fsp3) is 0.900. The van der Waals surface area contributed by atoms with Crippen LogP contribution < -0.4 is 0 Å². The Hall–Kier alpha value is -0.730. The summed E-state index contributed by atoms with van der Waals surface area (Å²) in [6.45, 7) is 7.75. The Kier molecular flexibility index (Phi) is 6.37. The summed E-state index contributed by atoms with van der Waals surface area (Å²) in [4.78, 5) is 11.1. The van der Waals surface area contributed by atoms with Gasteiger partial charge in [0.15, 0.2) is 0 Å². The van der Waals surface area contributed by atoms with Gasteiger partial charge in [0, 0.05) is 0 Å². The van der Waals surface area contributed by atoms with Crippen molar-refractivity contribution < 1.29 is 14.3 Å². The van der Waals surface area contributed by atoms with E-state index >= 15 is 0 Å². The van der Waals surface area contributed by atoms with Crippen LogP contribution in [0.1, 0.15) is 47.0 Å². The summed E-state index contributed by atoms with van der Waals surface area (Å²) in [5, 5.41) is 0. The van der Waals surface area contributed by atoms with Crippen LogP contribution in [0.25, 0.3) is 0 Å². The van der Waals surface area contributed by atoms with Crippen LogP contribution in [0.3, 0.4) is 0 Å². The molecule has 0 aromatic carbocycles. The minimum Gasteiger partial charge on any atom is -0.431 e. The van der Waals surface area contributed by atoms with E-state index in [9.17, 15) is 4.79 Å². The molecule has 0 aromatic rings. The van der Waals surface area contributed by atoms with Gasteiger partial charge in [-0.1, -0.05) is 20.3 Å². The first-order valence-electron chi connectivity index (χ1n) is 4.97. The molecule has 0 N–H and O–H groups in total. The number of rotatable bonds is 5. The molecule has 0 rings (SSSR count). The molecule has 0 unspecified atom stereocenters. The summed E-state index contributed by atoms with van der Waals surface area (Å²) in [7, 11) is 0. The van der Waals surface area contributed by atoms with Crippen molar-refractivity contribution in [2.75, 3.05) is 0 Å². The van der Waals surface area contributed by atoms with Crippen molar-refractivity contribution in [1.29, 1.82) is 0 Å². The van der Waals surface area contributed by atoms with E-state index in [1.165, 1.54) is 0 Å². The van der Waals surface area contributed by atoms with E-state index in [2.05, 4.69) is 6.92 Å². The monoisotopic (exact) mass is 188 g/mol. The first kappa shape index (κ1) is 12.3. The zero-order valence-electron chi connectivity index (χ0n) is 9.00. The fourth-order valence-corrected chi connectivity index (χ4v) is 0.905. The van der Waals surface area contributed by atoms with Crippen LogP contribution in [-0.4, -0.2) is 18.4 Å². The molecule has 0 spiro atoms. The maximum Gasteiger partial charge on any atom is 0.508 e. The highest BCUT2D eigenvalue weighted by atomic mass is 16.7. The quantitative estimate of drug-likeness (QED) is 0.622. The molecule has 0 bridgehead atoms. The van der Waals surface area contributed by atoms with Crippen LogP contribution in [0.2, 0.25) is 0 Å². The molecule has 3 heteroatoms. The minimum absolute atomic E-state index is 0.0402. The lowest BCUT2D eigenvalue weighted by atomic mass is 10.2. The summed E-state index contributed by atoms with van der Waals surface area (Å²) in [5.74, 6) is 0. The molecule has 0 heterocycles. The Morgan fingerprint density at radius 2 is 1.69 bits per heavy atom. The molecule has 0 radical (unpaired) electrons. The number of ether oxygens (including phenoxy) is 2. The van der Waals surface area contributed by atoms with E-state index in [1.807, 2.05) is 20.8 Å². The van der Waals surface area contributed by atoms with Gasteiger partial charge < -0.3 is 9.47 Å². The first-order valence-corrected chi connectivity index (χ1v) is 4.97. The Balaban J connectivity index is 3.61. The minimum atomic E-state index is -0.546. The van der Waals surface area contributed by atoms with E-state index < -0.39 is 6.16 Å². The van der Waals surface area contributed by atoms with E-state index in [1.54, 1.807) is 0 Å². The van der Waals surface area contributed by atoms with Crippen LogP contribution >= 0.6 is 0 Å². The Morgan fingerprint density at radius 1 is 1.15 bits per heavy atom. The second kappa shape index (κ2) is 6.75. The predicted molar refractivity (Wildman–Crippen MR) is 51.7 cm³/mol. The van der Waals surface area contributed by atoms with Gasteiger partial charge in [0.2, 0.25) is 0 Å². The van der Waals surface area contributed by atoms with Gasteiger partial charge >= 0.3 is 6.16 Å². The molecule has 3 nitrogen and oxygen atoms in total. The summed E-state index contributed by atoms with van der Waals surface area (Å²) >= 11 is 0. The van der Waals surface area contributed by atoms with Gasteiger partial charge in [0.25, 0.3) is 0 Å². The lowest BCUT2D eigenvalue weighted by molar-refractivity contribution is 0.00474.